The third-order valence-corrected chi connectivity index (χ3v) is 4.59. The fourth-order valence-electron chi connectivity index (χ4n) is 3.28. The first-order valence-corrected chi connectivity index (χ1v) is 7.89. The van der Waals surface area contributed by atoms with Gasteiger partial charge in [0.15, 0.2) is 0 Å². The second-order valence-electron chi connectivity index (χ2n) is 5.77. The Hall–Kier alpha value is -1.26. The number of benzene rings is 1. The van der Waals surface area contributed by atoms with Crippen LogP contribution < -0.4 is 15.2 Å². The van der Waals surface area contributed by atoms with Crippen LogP contribution in [0.2, 0.25) is 0 Å². The highest BCUT2D eigenvalue weighted by molar-refractivity contribution is 5.42. The number of nitrogens with zero attached hydrogens (tertiary/aromatic N) is 1. The molecule has 0 aromatic heterocycles. The van der Waals surface area contributed by atoms with E-state index in [0.717, 1.165) is 36.1 Å². The summed E-state index contributed by atoms with van der Waals surface area (Å²) in [4.78, 5) is 2.52. The second-order valence-corrected chi connectivity index (χ2v) is 5.77. The number of methoxy groups -OCH3 is 2. The Kier molecular flexibility index (Phi) is 5.88. The van der Waals surface area contributed by atoms with Crippen LogP contribution in [0.25, 0.3) is 0 Å². The largest absolute Gasteiger partial charge is 0.497 e. The molecule has 21 heavy (non-hydrogen) atoms. The van der Waals surface area contributed by atoms with E-state index in [9.17, 15) is 0 Å². The molecular formula is C17H28N2O2. The fourth-order valence-corrected chi connectivity index (χ4v) is 3.28. The third-order valence-electron chi connectivity index (χ3n) is 4.59. The Labute approximate surface area is 128 Å². The van der Waals surface area contributed by atoms with E-state index in [1.165, 1.54) is 19.3 Å². The molecule has 1 saturated heterocycles. The van der Waals surface area contributed by atoms with E-state index >= 15 is 0 Å². The normalized spacial score (nSPS) is 21.0. The molecule has 2 unspecified atom stereocenters. The molecule has 2 atom stereocenters. The van der Waals surface area contributed by atoms with Crippen LogP contribution in [0, 0.1) is 5.92 Å². The van der Waals surface area contributed by atoms with Gasteiger partial charge in [-0.3, -0.25) is 4.90 Å². The van der Waals surface area contributed by atoms with Crippen molar-refractivity contribution >= 4 is 0 Å². The molecule has 0 saturated carbocycles. The Morgan fingerprint density at radius 1 is 1.33 bits per heavy atom. The predicted molar refractivity (Wildman–Crippen MR) is 85.9 cm³/mol. The molecule has 1 aliphatic heterocycles. The van der Waals surface area contributed by atoms with Crippen LogP contribution in [0.15, 0.2) is 18.2 Å². The lowest BCUT2D eigenvalue weighted by atomic mass is 9.92. The summed E-state index contributed by atoms with van der Waals surface area (Å²) in [5.41, 5.74) is 7.25. The first-order chi connectivity index (χ1) is 10.2. The van der Waals surface area contributed by atoms with Gasteiger partial charge in [-0.1, -0.05) is 19.4 Å². The maximum atomic E-state index is 6.09. The summed E-state index contributed by atoms with van der Waals surface area (Å²) in [6.07, 6.45) is 3.84. The molecule has 1 aromatic carbocycles. The Balaban J connectivity index is 2.24. The summed E-state index contributed by atoms with van der Waals surface area (Å²) in [6, 6.07) is 6.24. The van der Waals surface area contributed by atoms with Crippen molar-refractivity contribution in [3.63, 3.8) is 0 Å². The summed E-state index contributed by atoms with van der Waals surface area (Å²) in [7, 11) is 3.38. The van der Waals surface area contributed by atoms with Gasteiger partial charge in [0.2, 0.25) is 0 Å². The van der Waals surface area contributed by atoms with Gasteiger partial charge in [-0.2, -0.15) is 0 Å². The van der Waals surface area contributed by atoms with Gasteiger partial charge in [-0.15, -0.1) is 0 Å². The van der Waals surface area contributed by atoms with Gasteiger partial charge in [0, 0.05) is 24.7 Å². The molecule has 4 heteroatoms. The van der Waals surface area contributed by atoms with Crippen LogP contribution in [0.4, 0.5) is 0 Å². The molecule has 1 fully saturated rings. The molecule has 1 aliphatic rings. The summed E-state index contributed by atoms with van der Waals surface area (Å²) in [5, 5.41) is 0. The van der Waals surface area contributed by atoms with Crippen molar-refractivity contribution in [3.05, 3.63) is 23.8 Å². The van der Waals surface area contributed by atoms with E-state index in [2.05, 4.69) is 17.9 Å². The van der Waals surface area contributed by atoms with Gasteiger partial charge in [0.1, 0.15) is 11.5 Å². The van der Waals surface area contributed by atoms with Crippen molar-refractivity contribution in [1.29, 1.82) is 0 Å². The molecule has 1 aromatic rings. The molecule has 2 N–H and O–H groups in total. The zero-order chi connectivity index (χ0) is 15.2. The van der Waals surface area contributed by atoms with E-state index in [4.69, 9.17) is 15.2 Å². The highest BCUT2D eigenvalue weighted by atomic mass is 16.5. The molecule has 2 rings (SSSR count). The average molecular weight is 292 g/mol. The number of nitrogens with two attached hydrogens (primary N) is 1. The minimum Gasteiger partial charge on any atom is -0.497 e. The first kappa shape index (κ1) is 16.1. The monoisotopic (exact) mass is 292 g/mol. The maximum Gasteiger partial charge on any atom is 0.127 e. The van der Waals surface area contributed by atoms with E-state index in [1.807, 2.05) is 12.1 Å². The van der Waals surface area contributed by atoms with Gasteiger partial charge < -0.3 is 15.2 Å². The number of hydrogen-bond donors (Lipinski definition) is 1. The molecular weight excluding hydrogens is 264 g/mol. The quantitative estimate of drug-likeness (QED) is 0.876. The van der Waals surface area contributed by atoms with E-state index < -0.39 is 0 Å². The van der Waals surface area contributed by atoms with Crippen LogP contribution in [-0.4, -0.2) is 38.8 Å². The minimum atomic E-state index is 0.222. The lowest BCUT2D eigenvalue weighted by Crippen LogP contribution is -2.41. The summed E-state index contributed by atoms with van der Waals surface area (Å²) >= 11 is 0. The minimum absolute atomic E-state index is 0.222. The number of rotatable bonds is 6. The molecule has 0 aliphatic carbocycles. The smallest absolute Gasteiger partial charge is 0.127 e. The molecule has 0 bridgehead atoms. The Bertz CT molecular complexity index is 450. The van der Waals surface area contributed by atoms with Crippen LogP contribution in [0.5, 0.6) is 11.5 Å². The third kappa shape index (κ3) is 3.69. The van der Waals surface area contributed by atoms with Crippen LogP contribution in [-0.2, 0) is 0 Å². The topological polar surface area (TPSA) is 47.7 Å². The van der Waals surface area contributed by atoms with Gasteiger partial charge >= 0.3 is 0 Å². The van der Waals surface area contributed by atoms with Crippen LogP contribution >= 0.6 is 0 Å². The fraction of sp³-hybridized carbons (Fsp3) is 0.647. The van der Waals surface area contributed by atoms with Crippen molar-refractivity contribution in [2.45, 2.75) is 32.2 Å². The first-order valence-electron chi connectivity index (χ1n) is 7.89. The van der Waals surface area contributed by atoms with Gasteiger partial charge in [-0.05, 0) is 31.4 Å². The lowest BCUT2D eigenvalue weighted by Gasteiger charge is -2.38. The molecule has 1 heterocycles. The standard InChI is InChI=1S/C17H28N2O2/c1-4-13-6-5-9-19(12-13)16(11-18)15-8-7-14(20-2)10-17(15)21-3/h7-8,10,13,16H,4-6,9,11-12,18H2,1-3H3. The number of hydrogen-bond acceptors (Lipinski definition) is 4. The van der Waals surface area contributed by atoms with E-state index in [-0.39, 0.29) is 6.04 Å². The second kappa shape index (κ2) is 7.66. The predicted octanol–water partition coefficient (Wildman–Crippen LogP) is 2.83. The van der Waals surface area contributed by atoms with E-state index in [1.54, 1.807) is 14.2 Å². The van der Waals surface area contributed by atoms with Crippen molar-refractivity contribution in [1.82, 2.24) is 4.90 Å². The summed E-state index contributed by atoms with van der Waals surface area (Å²) < 4.78 is 10.8. The zero-order valence-corrected chi connectivity index (χ0v) is 13.5. The molecule has 0 amide bonds. The van der Waals surface area contributed by atoms with Gasteiger partial charge in [0.25, 0.3) is 0 Å². The maximum absolute atomic E-state index is 6.09. The Morgan fingerprint density at radius 3 is 2.76 bits per heavy atom. The van der Waals surface area contributed by atoms with E-state index in [0.29, 0.717) is 6.54 Å². The molecule has 0 spiro atoms. The van der Waals surface area contributed by atoms with Crippen LogP contribution in [0.1, 0.15) is 37.8 Å². The van der Waals surface area contributed by atoms with Gasteiger partial charge in [0.05, 0.1) is 20.3 Å². The highest BCUT2D eigenvalue weighted by Crippen LogP contribution is 2.34. The van der Waals surface area contributed by atoms with Crippen LogP contribution in [0.3, 0.4) is 0 Å². The van der Waals surface area contributed by atoms with Gasteiger partial charge in [-0.25, -0.2) is 0 Å². The molecule has 0 radical (unpaired) electrons. The number of piperidine rings is 1. The number of ether oxygens (including phenoxy) is 2. The van der Waals surface area contributed by atoms with Crippen molar-refractivity contribution < 1.29 is 9.47 Å². The average Bonchev–Trinajstić information content (AvgIpc) is 2.56. The lowest BCUT2D eigenvalue weighted by molar-refractivity contribution is 0.122. The number of likely N-dealkylation sites (tertiary alicyclic amines) is 1. The highest BCUT2D eigenvalue weighted by Gasteiger charge is 2.27. The zero-order valence-electron chi connectivity index (χ0n) is 13.5. The summed E-state index contributed by atoms with van der Waals surface area (Å²) in [6.45, 7) is 5.14. The molecule has 118 valence electrons. The summed E-state index contributed by atoms with van der Waals surface area (Å²) in [5.74, 6) is 2.47. The van der Waals surface area contributed by atoms with Crippen molar-refractivity contribution in [2.24, 2.45) is 11.7 Å². The Morgan fingerprint density at radius 2 is 2.14 bits per heavy atom. The van der Waals surface area contributed by atoms with Crippen molar-refractivity contribution in [3.8, 4) is 11.5 Å². The molecule has 4 nitrogen and oxygen atoms in total. The van der Waals surface area contributed by atoms with Crippen molar-refractivity contribution in [2.75, 3.05) is 33.9 Å². The SMILES string of the molecule is CCC1CCCN(C(CN)c2ccc(OC)cc2OC)C1.